The maximum Gasteiger partial charge on any atom is 0.263 e. The quantitative estimate of drug-likeness (QED) is 0.444. The summed E-state index contributed by atoms with van der Waals surface area (Å²) in [6, 6.07) is 6.61. The Labute approximate surface area is 181 Å². The highest BCUT2D eigenvalue weighted by atomic mass is 35.5. The standard InChI is InChI=1S/C20H19ClN4O2S2/c1-10(2)25-19(27)17-11(3)12(4)29-18(17)24-20(25)28-9-16(26)23-14-6-5-13(8-22)15(21)7-14/h5-7,10H,9H2,1-4H3,(H,23,26). The lowest BCUT2D eigenvalue weighted by molar-refractivity contribution is -0.113. The van der Waals surface area contributed by atoms with E-state index in [1.807, 2.05) is 33.8 Å². The lowest BCUT2D eigenvalue weighted by Gasteiger charge is -2.15. The molecule has 2 heterocycles. The van der Waals surface area contributed by atoms with Gasteiger partial charge >= 0.3 is 0 Å². The molecule has 0 aliphatic rings. The first kappa shape index (κ1) is 21.4. The molecule has 0 spiro atoms. The van der Waals surface area contributed by atoms with Crippen molar-refractivity contribution in [3.63, 3.8) is 0 Å². The van der Waals surface area contributed by atoms with Crippen molar-refractivity contribution >= 4 is 56.5 Å². The van der Waals surface area contributed by atoms with Gasteiger partial charge in [0.2, 0.25) is 5.91 Å². The Bertz CT molecular complexity index is 1210. The molecule has 0 atom stereocenters. The molecule has 0 bridgehead atoms. The predicted molar refractivity (Wildman–Crippen MR) is 119 cm³/mol. The Morgan fingerprint density at radius 3 is 2.76 bits per heavy atom. The van der Waals surface area contributed by atoms with Crippen molar-refractivity contribution in [3.8, 4) is 6.07 Å². The van der Waals surface area contributed by atoms with E-state index in [2.05, 4.69) is 10.3 Å². The second-order valence-electron chi connectivity index (χ2n) is 6.77. The number of hydrogen-bond acceptors (Lipinski definition) is 6. The van der Waals surface area contributed by atoms with Crippen LogP contribution in [0.4, 0.5) is 5.69 Å². The van der Waals surface area contributed by atoms with Gasteiger partial charge in [0.1, 0.15) is 10.9 Å². The normalized spacial score (nSPS) is 11.1. The number of thiophene rings is 1. The summed E-state index contributed by atoms with van der Waals surface area (Å²) in [7, 11) is 0. The number of fused-ring (bicyclic) bond motifs is 1. The minimum atomic E-state index is -0.251. The fourth-order valence-electron chi connectivity index (χ4n) is 2.86. The monoisotopic (exact) mass is 446 g/mol. The van der Waals surface area contributed by atoms with Crippen LogP contribution < -0.4 is 10.9 Å². The molecule has 150 valence electrons. The zero-order valence-electron chi connectivity index (χ0n) is 16.4. The third kappa shape index (κ3) is 4.32. The third-order valence-electron chi connectivity index (χ3n) is 4.42. The Morgan fingerprint density at radius 2 is 2.14 bits per heavy atom. The summed E-state index contributed by atoms with van der Waals surface area (Å²) in [6.07, 6.45) is 0. The van der Waals surface area contributed by atoms with E-state index >= 15 is 0 Å². The number of hydrogen-bond donors (Lipinski definition) is 1. The van der Waals surface area contributed by atoms with Crippen LogP contribution in [0.1, 0.15) is 35.9 Å². The van der Waals surface area contributed by atoms with Crippen molar-refractivity contribution in [3.05, 3.63) is 49.6 Å². The van der Waals surface area contributed by atoms with Gasteiger partial charge in [0.05, 0.1) is 21.7 Å². The van der Waals surface area contributed by atoms with Crippen molar-refractivity contribution in [1.29, 1.82) is 5.26 Å². The lowest BCUT2D eigenvalue weighted by Crippen LogP contribution is -2.25. The second-order valence-corrected chi connectivity index (χ2v) is 9.32. The van der Waals surface area contributed by atoms with Crippen LogP contribution in [0.5, 0.6) is 0 Å². The molecule has 0 aliphatic heterocycles. The Balaban J connectivity index is 1.84. The van der Waals surface area contributed by atoms with Crippen LogP contribution in [0.2, 0.25) is 5.02 Å². The van der Waals surface area contributed by atoms with E-state index in [4.69, 9.17) is 16.9 Å². The molecular weight excluding hydrogens is 428 g/mol. The predicted octanol–water partition coefficient (Wildman–Crippen LogP) is 4.91. The molecule has 0 unspecified atom stereocenters. The number of nitrogens with one attached hydrogen (secondary N) is 1. The number of rotatable bonds is 5. The van der Waals surface area contributed by atoms with E-state index in [0.29, 0.717) is 26.6 Å². The zero-order chi connectivity index (χ0) is 21.3. The molecule has 0 fully saturated rings. The summed E-state index contributed by atoms with van der Waals surface area (Å²) < 4.78 is 1.64. The molecule has 1 amide bonds. The summed E-state index contributed by atoms with van der Waals surface area (Å²) in [4.78, 5) is 31.8. The summed E-state index contributed by atoms with van der Waals surface area (Å²) >= 11 is 8.71. The average Bonchev–Trinajstić information content (AvgIpc) is 2.94. The second kappa shape index (κ2) is 8.57. The van der Waals surface area contributed by atoms with Crippen LogP contribution in [0.25, 0.3) is 10.2 Å². The number of carbonyl (C=O) groups is 1. The highest BCUT2D eigenvalue weighted by Gasteiger charge is 2.19. The number of aromatic nitrogens is 2. The number of halogens is 1. The number of anilines is 1. The number of thioether (sulfide) groups is 1. The molecule has 1 N–H and O–H groups in total. The highest BCUT2D eigenvalue weighted by Crippen LogP contribution is 2.29. The first-order valence-corrected chi connectivity index (χ1v) is 11.1. The van der Waals surface area contributed by atoms with Crippen LogP contribution >= 0.6 is 34.7 Å². The number of amides is 1. The van der Waals surface area contributed by atoms with Crippen molar-refractivity contribution < 1.29 is 4.79 Å². The van der Waals surface area contributed by atoms with E-state index in [1.54, 1.807) is 16.7 Å². The molecule has 0 saturated carbocycles. The molecule has 3 aromatic rings. The number of carbonyl (C=O) groups excluding carboxylic acids is 1. The van der Waals surface area contributed by atoms with Gasteiger partial charge in [0.25, 0.3) is 5.56 Å². The van der Waals surface area contributed by atoms with E-state index in [-0.39, 0.29) is 28.3 Å². The van der Waals surface area contributed by atoms with Crippen LogP contribution in [0.15, 0.2) is 28.2 Å². The van der Waals surface area contributed by atoms with Gasteiger partial charge in [-0.2, -0.15) is 5.26 Å². The van der Waals surface area contributed by atoms with Gasteiger partial charge in [-0.1, -0.05) is 23.4 Å². The molecule has 2 aromatic heterocycles. The maximum atomic E-state index is 13.0. The smallest absolute Gasteiger partial charge is 0.263 e. The molecular formula is C20H19ClN4O2S2. The minimum Gasteiger partial charge on any atom is -0.325 e. The van der Waals surface area contributed by atoms with Crippen molar-refractivity contribution in [2.24, 2.45) is 0 Å². The molecule has 1 aromatic carbocycles. The molecule has 0 saturated heterocycles. The number of benzene rings is 1. The Hall–Kier alpha value is -2.34. The van der Waals surface area contributed by atoms with Gasteiger partial charge in [-0.25, -0.2) is 4.98 Å². The van der Waals surface area contributed by atoms with Crippen LogP contribution in [-0.4, -0.2) is 21.2 Å². The van der Waals surface area contributed by atoms with Gasteiger partial charge in [0.15, 0.2) is 5.16 Å². The molecule has 6 nitrogen and oxygen atoms in total. The topological polar surface area (TPSA) is 87.8 Å². The largest absolute Gasteiger partial charge is 0.325 e. The number of nitrogens with zero attached hydrogens (tertiary/aromatic N) is 3. The van der Waals surface area contributed by atoms with Crippen molar-refractivity contribution in [1.82, 2.24) is 9.55 Å². The lowest BCUT2D eigenvalue weighted by atomic mass is 10.2. The van der Waals surface area contributed by atoms with Crippen LogP contribution in [0.3, 0.4) is 0 Å². The first-order chi connectivity index (χ1) is 13.7. The van der Waals surface area contributed by atoms with Crippen molar-refractivity contribution in [2.45, 2.75) is 38.9 Å². The summed E-state index contributed by atoms with van der Waals surface area (Å²) in [5.74, 6) is -0.162. The van der Waals surface area contributed by atoms with E-state index in [9.17, 15) is 9.59 Å². The molecule has 0 radical (unpaired) electrons. The average molecular weight is 447 g/mol. The van der Waals surface area contributed by atoms with Crippen LogP contribution in [0, 0.1) is 25.2 Å². The molecule has 29 heavy (non-hydrogen) atoms. The Kier molecular flexibility index (Phi) is 6.32. The maximum absolute atomic E-state index is 13.0. The van der Waals surface area contributed by atoms with Gasteiger partial charge < -0.3 is 5.32 Å². The number of nitriles is 1. The summed E-state index contributed by atoms with van der Waals surface area (Å²) in [5.41, 5.74) is 1.74. The Morgan fingerprint density at radius 1 is 1.41 bits per heavy atom. The number of aryl methyl sites for hydroxylation is 2. The summed E-state index contributed by atoms with van der Waals surface area (Å²) in [5, 5.41) is 13.1. The molecule has 9 heteroatoms. The van der Waals surface area contributed by atoms with E-state index in [1.165, 1.54) is 29.2 Å². The summed E-state index contributed by atoms with van der Waals surface area (Å²) in [6.45, 7) is 7.76. The van der Waals surface area contributed by atoms with E-state index in [0.717, 1.165) is 10.4 Å². The zero-order valence-corrected chi connectivity index (χ0v) is 18.8. The molecule has 3 rings (SSSR count). The molecule has 0 aliphatic carbocycles. The van der Waals surface area contributed by atoms with Gasteiger partial charge in [-0.15, -0.1) is 11.3 Å². The van der Waals surface area contributed by atoms with Crippen molar-refractivity contribution in [2.75, 3.05) is 11.1 Å². The fourth-order valence-corrected chi connectivity index (χ4v) is 5.08. The highest BCUT2D eigenvalue weighted by molar-refractivity contribution is 7.99. The van der Waals surface area contributed by atoms with Gasteiger partial charge in [-0.05, 0) is 51.5 Å². The van der Waals surface area contributed by atoms with Crippen LogP contribution in [-0.2, 0) is 4.79 Å². The first-order valence-electron chi connectivity index (χ1n) is 8.87. The van der Waals surface area contributed by atoms with Gasteiger partial charge in [-0.3, -0.25) is 14.2 Å². The fraction of sp³-hybridized carbons (Fsp3) is 0.300. The SMILES string of the molecule is Cc1sc2nc(SCC(=O)Nc3ccc(C#N)c(Cl)c3)n(C(C)C)c(=O)c2c1C. The third-order valence-corrected chi connectivity index (χ3v) is 6.79. The minimum absolute atomic E-state index is 0.0753. The van der Waals surface area contributed by atoms with E-state index < -0.39 is 0 Å². The van der Waals surface area contributed by atoms with Gasteiger partial charge in [0, 0.05) is 16.6 Å².